The van der Waals surface area contributed by atoms with Gasteiger partial charge in [0.15, 0.2) is 0 Å². The molecule has 7 heteroatoms. The van der Waals surface area contributed by atoms with Crippen molar-refractivity contribution in [3.63, 3.8) is 0 Å². The molecule has 0 bridgehead atoms. The number of benzene rings is 2. The zero-order valence-corrected chi connectivity index (χ0v) is 15.8. The number of pyridine rings is 1. The molecule has 4 nitrogen and oxygen atoms in total. The number of hydrogen-bond donors (Lipinski definition) is 0. The Hall–Kier alpha value is -2.98. The Balaban J connectivity index is 1.92. The molecule has 0 unspecified atom stereocenters. The maximum atomic E-state index is 13.7. The van der Waals surface area contributed by atoms with Crippen LogP contribution >= 0.6 is 15.9 Å². The number of halogens is 3. The van der Waals surface area contributed by atoms with Crippen LogP contribution < -0.4 is 10.3 Å². The molecule has 136 valence electrons. The molecule has 0 radical (unpaired) electrons. The maximum absolute atomic E-state index is 13.7. The number of ether oxygens (including phenoxy) is 1. The highest BCUT2D eigenvalue weighted by molar-refractivity contribution is 9.10. The molecule has 0 aliphatic rings. The average molecular weight is 431 g/mol. The molecule has 0 saturated heterocycles. The van der Waals surface area contributed by atoms with Crippen LogP contribution in [0, 0.1) is 29.9 Å². The van der Waals surface area contributed by atoms with Crippen LogP contribution in [-0.2, 0) is 6.61 Å². The van der Waals surface area contributed by atoms with Gasteiger partial charge >= 0.3 is 0 Å². The normalized spacial score (nSPS) is 10.5. The average Bonchev–Trinajstić information content (AvgIpc) is 2.65. The Kier molecular flexibility index (Phi) is 5.38. The van der Waals surface area contributed by atoms with Gasteiger partial charge in [0.05, 0.1) is 11.6 Å². The van der Waals surface area contributed by atoms with Gasteiger partial charge in [-0.3, -0.25) is 9.36 Å². The lowest BCUT2D eigenvalue weighted by Crippen LogP contribution is -2.22. The van der Waals surface area contributed by atoms with Gasteiger partial charge in [-0.1, -0.05) is 0 Å². The summed E-state index contributed by atoms with van der Waals surface area (Å²) in [7, 11) is 0. The predicted octanol–water partition coefficient (Wildman–Crippen LogP) is 4.64. The van der Waals surface area contributed by atoms with Crippen molar-refractivity contribution < 1.29 is 13.5 Å². The summed E-state index contributed by atoms with van der Waals surface area (Å²) in [5.74, 6) is -1.13. The Labute approximate surface area is 162 Å². The molecule has 1 heterocycles. The highest BCUT2D eigenvalue weighted by Gasteiger charge is 2.14. The molecule has 0 aliphatic carbocycles. The van der Waals surface area contributed by atoms with Crippen molar-refractivity contribution in [3.05, 3.63) is 91.8 Å². The smallest absolute Gasteiger partial charge is 0.273 e. The molecule has 27 heavy (non-hydrogen) atoms. The largest absolute Gasteiger partial charge is 0.487 e. The summed E-state index contributed by atoms with van der Waals surface area (Å²) in [6.07, 6.45) is 0. The molecule has 1 aromatic heterocycles. The van der Waals surface area contributed by atoms with Crippen LogP contribution in [0.4, 0.5) is 8.78 Å². The summed E-state index contributed by atoms with van der Waals surface area (Å²) >= 11 is 3.23. The highest BCUT2D eigenvalue weighted by Crippen LogP contribution is 2.25. The van der Waals surface area contributed by atoms with E-state index in [2.05, 4.69) is 15.9 Å². The summed E-state index contributed by atoms with van der Waals surface area (Å²) in [5.41, 5.74) is 1.52. The number of aromatic nitrogens is 1. The van der Waals surface area contributed by atoms with E-state index in [1.807, 2.05) is 6.07 Å². The van der Waals surface area contributed by atoms with Gasteiger partial charge in [-0.2, -0.15) is 5.26 Å². The van der Waals surface area contributed by atoms with E-state index < -0.39 is 11.6 Å². The topological polar surface area (TPSA) is 55.0 Å². The quantitative estimate of drug-likeness (QED) is 0.605. The Morgan fingerprint density at radius 3 is 2.48 bits per heavy atom. The van der Waals surface area contributed by atoms with Crippen LogP contribution in [0.2, 0.25) is 0 Å². The van der Waals surface area contributed by atoms with Crippen molar-refractivity contribution in [1.29, 1.82) is 5.26 Å². The number of nitriles is 1. The van der Waals surface area contributed by atoms with Crippen molar-refractivity contribution in [1.82, 2.24) is 4.57 Å². The lowest BCUT2D eigenvalue weighted by molar-refractivity contribution is 0.296. The van der Waals surface area contributed by atoms with Crippen LogP contribution in [-0.4, -0.2) is 4.57 Å². The SMILES string of the molecule is Cc1cc(OCc2ccc(F)cc2F)c(Br)c(=O)n1-c1ccc(C#N)cc1. The van der Waals surface area contributed by atoms with Crippen molar-refractivity contribution in [2.45, 2.75) is 13.5 Å². The number of hydrogen-bond acceptors (Lipinski definition) is 3. The monoisotopic (exact) mass is 430 g/mol. The van der Waals surface area contributed by atoms with E-state index in [-0.39, 0.29) is 28.0 Å². The minimum absolute atomic E-state index is 0.148. The first-order valence-electron chi connectivity index (χ1n) is 7.90. The molecular weight excluding hydrogens is 418 g/mol. The van der Waals surface area contributed by atoms with Crippen molar-refractivity contribution in [2.24, 2.45) is 0 Å². The Morgan fingerprint density at radius 2 is 1.85 bits per heavy atom. The second-order valence-electron chi connectivity index (χ2n) is 5.79. The summed E-state index contributed by atoms with van der Waals surface area (Å²) < 4.78 is 33.9. The van der Waals surface area contributed by atoms with Gasteiger partial charge in [-0.05, 0) is 59.3 Å². The molecule has 0 atom stereocenters. The van der Waals surface area contributed by atoms with Crippen LogP contribution in [0.1, 0.15) is 16.8 Å². The molecule has 3 aromatic rings. The van der Waals surface area contributed by atoms with Gasteiger partial charge in [0.2, 0.25) is 0 Å². The van der Waals surface area contributed by atoms with Crippen LogP contribution in [0.3, 0.4) is 0 Å². The van der Waals surface area contributed by atoms with E-state index in [4.69, 9.17) is 10.00 Å². The predicted molar refractivity (Wildman–Crippen MR) is 99.9 cm³/mol. The molecule has 3 rings (SSSR count). The van der Waals surface area contributed by atoms with Gasteiger partial charge in [-0.15, -0.1) is 0 Å². The zero-order valence-electron chi connectivity index (χ0n) is 14.2. The molecule has 0 N–H and O–H groups in total. The molecule has 0 fully saturated rings. The van der Waals surface area contributed by atoms with Crippen molar-refractivity contribution >= 4 is 15.9 Å². The van der Waals surface area contributed by atoms with E-state index >= 15 is 0 Å². The molecule has 0 spiro atoms. The fourth-order valence-corrected chi connectivity index (χ4v) is 2.99. The first kappa shape index (κ1) is 18.8. The summed E-state index contributed by atoms with van der Waals surface area (Å²) in [4.78, 5) is 12.7. The lowest BCUT2D eigenvalue weighted by Gasteiger charge is -2.15. The summed E-state index contributed by atoms with van der Waals surface area (Å²) in [5, 5.41) is 8.89. The second-order valence-corrected chi connectivity index (χ2v) is 6.58. The number of rotatable bonds is 4. The molecule has 2 aromatic carbocycles. The zero-order chi connectivity index (χ0) is 19.6. The molecule has 0 amide bonds. The summed E-state index contributed by atoms with van der Waals surface area (Å²) in [6, 6.07) is 13.5. The van der Waals surface area contributed by atoms with E-state index in [9.17, 15) is 13.6 Å². The van der Waals surface area contributed by atoms with Crippen molar-refractivity contribution in [2.75, 3.05) is 0 Å². The first-order chi connectivity index (χ1) is 12.9. The third-order valence-corrected chi connectivity index (χ3v) is 4.68. The van der Waals surface area contributed by atoms with Crippen molar-refractivity contribution in [3.8, 4) is 17.5 Å². The minimum Gasteiger partial charge on any atom is -0.487 e. The standard InChI is InChI=1S/C20H13BrF2N2O2/c1-12-8-18(27-11-14-4-5-15(22)9-17(14)23)19(21)20(26)25(12)16-6-2-13(10-24)3-7-16/h2-9H,11H2,1H3. The minimum atomic E-state index is -0.714. The third-order valence-electron chi connectivity index (χ3n) is 3.95. The summed E-state index contributed by atoms with van der Waals surface area (Å²) in [6.45, 7) is 1.59. The van der Waals surface area contributed by atoms with E-state index in [0.717, 1.165) is 12.1 Å². The fraction of sp³-hybridized carbons (Fsp3) is 0.100. The molecule has 0 aliphatic heterocycles. The van der Waals surface area contributed by atoms with Gasteiger partial charge in [-0.25, -0.2) is 8.78 Å². The fourth-order valence-electron chi connectivity index (χ4n) is 2.59. The molecule has 0 saturated carbocycles. The van der Waals surface area contributed by atoms with E-state index in [1.54, 1.807) is 37.3 Å². The van der Waals surface area contributed by atoms with Gasteiger partial charge < -0.3 is 4.74 Å². The second kappa shape index (κ2) is 7.72. The van der Waals surface area contributed by atoms with Crippen LogP contribution in [0.5, 0.6) is 5.75 Å². The van der Waals surface area contributed by atoms with Crippen LogP contribution in [0.25, 0.3) is 5.69 Å². The van der Waals surface area contributed by atoms with Crippen LogP contribution in [0.15, 0.2) is 57.8 Å². The third kappa shape index (κ3) is 3.91. The highest BCUT2D eigenvalue weighted by atomic mass is 79.9. The number of aryl methyl sites for hydroxylation is 1. The van der Waals surface area contributed by atoms with Gasteiger partial charge in [0.25, 0.3) is 5.56 Å². The van der Waals surface area contributed by atoms with E-state index in [0.29, 0.717) is 16.9 Å². The lowest BCUT2D eigenvalue weighted by atomic mass is 10.2. The van der Waals surface area contributed by atoms with Gasteiger partial charge in [0.1, 0.15) is 28.5 Å². The molecular formula is C20H13BrF2N2O2. The maximum Gasteiger partial charge on any atom is 0.273 e. The Morgan fingerprint density at radius 1 is 1.15 bits per heavy atom. The van der Waals surface area contributed by atoms with Gasteiger partial charge in [0, 0.05) is 29.1 Å². The van der Waals surface area contributed by atoms with E-state index in [1.165, 1.54) is 10.6 Å². The number of nitrogens with zero attached hydrogens (tertiary/aromatic N) is 2. The Bertz CT molecular complexity index is 1100. The first-order valence-corrected chi connectivity index (χ1v) is 8.69.